The zero-order chi connectivity index (χ0) is 23.8. The Kier molecular flexibility index (Phi) is 6.04. The number of carbonyl (C=O) groups excluding carboxylic acids is 2. The lowest BCUT2D eigenvalue weighted by atomic mass is 10.1. The molecule has 1 N–H and O–H groups in total. The summed E-state index contributed by atoms with van der Waals surface area (Å²) >= 11 is 14.0. The van der Waals surface area contributed by atoms with Gasteiger partial charge < -0.3 is 14.5 Å². The number of furan rings is 1. The van der Waals surface area contributed by atoms with Crippen LogP contribution in [0.2, 0.25) is 10.0 Å². The lowest BCUT2D eigenvalue weighted by Crippen LogP contribution is -2.13. The first-order valence-corrected chi connectivity index (χ1v) is 12.0. The van der Waals surface area contributed by atoms with Crippen molar-refractivity contribution in [2.24, 2.45) is 0 Å². The third-order valence-electron chi connectivity index (χ3n) is 5.28. The minimum absolute atomic E-state index is 0.0361. The highest BCUT2D eigenvalue weighted by Crippen LogP contribution is 2.40. The number of fused-ring (bicyclic) bond motifs is 2. The van der Waals surface area contributed by atoms with Crippen molar-refractivity contribution < 1.29 is 18.7 Å². The van der Waals surface area contributed by atoms with Gasteiger partial charge in [0.05, 0.1) is 22.3 Å². The molecule has 0 saturated heterocycles. The van der Waals surface area contributed by atoms with E-state index in [1.54, 1.807) is 54.6 Å². The van der Waals surface area contributed by atoms with E-state index < -0.39 is 5.91 Å². The SMILES string of the molecule is CCOc1ccc(C(=O)c2oc3ccccc3c2NC(=O)c2sc3cccc(Cl)c3c2Cl)cc1. The molecule has 2 heterocycles. The summed E-state index contributed by atoms with van der Waals surface area (Å²) in [6.07, 6.45) is 0. The van der Waals surface area contributed by atoms with Gasteiger partial charge in [0.2, 0.25) is 5.78 Å². The number of hydrogen-bond acceptors (Lipinski definition) is 5. The van der Waals surface area contributed by atoms with E-state index in [4.69, 9.17) is 32.4 Å². The number of nitrogens with one attached hydrogen (secondary N) is 1. The second-order valence-electron chi connectivity index (χ2n) is 7.40. The van der Waals surface area contributed by atoms with Crippen LogP contribution in [-0.4, -0.2) is 18.3 Å². The maximum Gasteiger partial charge on any atom is 0.267 e. The summed E-state index contributed by atoms with van der Waals surface area (Å²) in [6, 6.07) is 19.3. The van der Waals surface area contributed by atoms with Crippen LogP contribution in [0.15, 0.2) is 71.1 Å². The molecular formula is C26H17Cl2NO4S. The monoisotopic (exact) mass is 509 g/mol. The molecule has 0 unspecified atom stereocenters. The summed E-state index contributed by atoms with van der Waals surface area (Å²) < 4.78 is 12.1. The number of halogens is 2. The van der Waals surface area contributed by atoms with Crippen LogP contribution in [0, 0.1) is 0 Å². The largest absolute Gasteiger partial charge is 0.494 e. The van der Waals surface area contributed by atoms with Gasteiger partial charge in [0.15, 0.2) is 5.76 Å². The quantitative estimate of drug-likeness (QED) is 0.236. The Morgan fingerprint density at radius 3 is 2.50 bits per heavy atom. The molecule has 0 aliphatic heterocycles. The second-order valence-corrected chi connectivity index (χ2v) is 9.24. The summed E-state index contributed by atoms with van der Waals surface area (Å²) in [5.74, 6) is -0.112. The highest BCUT2D eigenvalue weighted by Gasteiger charge is 2.26. The molecule has 1 amide bonds. The number of anilines is 1. The Bertz CT molecular complexity index is 1550. The zero-order valence-corrected chi connectivity index (χ0v) is 20.2. The molecule has 5 rings (SSSR count). The molecule has 34 heavy (non-hydrogen) atoms. The predicted molar refractivity (Wildman–Crippen MR) is 137 cm³/mol. The van der Waals surface area contributed by atoms with Gasteiger partial charge in [0, 0.05) is 21.0 Å². The number of rotatable bonds is 6. The molecule has 0 aliphatic rings. The molecule has 0 fully saturated rings. The first-order chi connectivity index (χ1) is 16.5. The average molecular weight is 510 g/mol. The fourth-order valence-electron chi connectivity index (χ4n) is 3.72. The molecule has 3 aromatic carbocycles. The summed E-state index contributed by atoms with van der Waals surface area (Å²) in [5.41, 5.74) is 1.18. The van der Waals surface area contributed by atoms with Crippen molar-refractivity contribution in [3.05, 3.63) is 93.0 Å². The Balaban J connectivity index is 1.55. The maximum absolute atomic E-state index is 13.3. The van der Waals surface area contributed by atoms with Crippen LogP contribution in [0.4, 0.5) is 5.69 Å². The Labute approximate surface area is 208 Å². The number of thiophene rings is 1. The molecule has 5 nitrogen and oxygen atoms in total. The van der Waals surface area contributed by atoms with Crippen molar-refractivity contribution in [3.63, 3.8) is 0 Å². The molecule has 0 radical (unpaired) electrons. The van der Waals surface area contributed by atoms with Gasteiger partial charge >= 0.3 is 0 Å². The van der Waals surface area contributed by atoms with E-state index in [0.717, 1.165) is 4.70 Å². The van der Waals surface area contributed by atoms with Crippen molar-refractivity contribution in [3.8, 4) is 5.75 Å². The molecule has 2 aromatic heterocycles. The fraction of sp³-hybridized carbons (Fsp3) is 0.0769. The number of ether oxygens (including phenoxy) is 1. The van der Waals surface area contributed by atoms with Crippen molar-refractivity contribution in [1.29, 1.82) is 0 Å². The summed E-state index contributed by atoms with van der Waals surface area (Å²) in [4.78, 5) is 26.9. The molecule has 0 saturated carbocycles. The van der Waals surface area contributed by atoms with Crippen LogP contribution in [0.25, 0.3) is 21.1 Å². The van der Waals surface area contributed by atoms with Gasteiger partial charge in [-0.1, -0.05) is 41.4 Å². The predicted octanol–water partition coefficient (Wildman–Crippen LogP) is 7.84. The van der Waals surface area contributed by atoms with Crippen LogP contribution in [0.3, 0.4) is 0 Å². The van der Waals surface area contributed by atoms with Gasteiger partial charge in [-0.25, -0.2) is 0 Å². The molecule has 0 atom stereocenters. The van der Waals surface area contributed by atoms with Crippen LogP contribution >= 0.6 is 34.5 Å². The molecule has 5 aromatic rings. The third-order valence-corrected chi connectivity index (χ3v) is 7.24. The first kappa shape index (κ1) is 22.5. The molecule has 0 spiro atoms. The van der Waals surface area contributed by atoms with E-state index in [1.165, 1.54) is 11.3 Å². The van der Waals surface area contributed by atoms with Crippen molar-refractivity contribution in [1.82, 2.24) is 0 Å². The first-order valence-electron chi connectivity index (χ1n) is 10.4. The van der Waals surface area contributed by atoms with Crippen LogP contribution in [-0.2, 0) is 0 Å². The lowest BCUT2D eigenvalue weighted by Gasteiger charge is -2.07. The normalized spacial score (nSPS) is 11.1. The van der Waals surface area contributed by atoms with E-state index in [1.807, 2.05) is 19.1 Å². The van der Waals surface area contributed by atoms with Gasteiger partial charge in [0.25, 0.3) is 5.91 Å². The maximum atomic E-state index is 13.3. The van der Waals surface area contributed by atoms with E-state index in [9.17, 15) is 9.59 Å². The number of hydrogen-bond donors (Lipinski definition) is 1. The highest BCUT2D eigenvalue weighted by molar-refractivity contribution is 7.21. The summed E-state index contributed by atoms with van der Waals surface area (Å²) in [5, 5.41) is 4.84. The average Bonchev–Trinajstić information content (AvgIpc) is 3.38. The topological polar surface area (TPSA) is 68.5 Å². The number of carbonyl (C=O) groups is 2. The molecule has 0 aliphatic carbocycles. The van der Waals surface area contributed by atoms with Gasteiger partial charge in [0.1, 0.15) is 16.2 Å². The molecule has 0 bridgehead atoms. The summed E-state index contributed by atoms with van der Waals surface area (Å²) in [7, 11) is 0. The smallest absolute Gasteiger partial charge is 0.267 e. The Morgan fingerprint density at radius 1 is 1.00 bits per heavy atom. The number of ketones is 1. The third kappa shape index (κ3) is 3.94. The Hall–Kier alpha value is -3.32. The number of benzene rings is 3. The van der Waals surface area contributed by atoms with Crippen molar-refractivity contribution in [2.75, 3.05) is 11.9 Å². The van der Waals surface area contributed by atoms with E-state index in [-0.39, 0.29) is 16.6 Å². The van der Waals surface area contributed by atoms with Crippen LogP contribution in [0.5, 0.6) is 5.75 Å². The number of para-hydroxylation sites is 1. The van der Waals surface area contributed by atoms with Crippen molar-refractivity contribution in [2.45, 2.75) is 6.92 Å². The number of amides is 1. The molecule has 170 valence electrons. The van der Waals surface area contributed by atoms with Gasteiger partial charge in [-0.2, -0.15) is 0 Å². The summed E-state index contributed by atoms with van der Waals surface area (Å²) in [6.45, 7) is 2.41. The second kappa shape index (κ2) is 9.14. The minimum Gasteiger partial charge on any atom is -0.494 e. The van der Waals surface area contributed by atoms with Gasteiger partial charge in [-0.3, -0.25) is 9.59 Å². The molecular weight excluding hydrogens is 493 g/mol. The van der Waals surface area contributed by atoms with Crippen LogP contribution < -0.4 is 10.1 Å². The Morgan fingerprint density at radius 2 is 1.76 bits per heavy atom. The standard InChI is InChI=1S/C26H17Cl2NO4S/c1-2-32-15-12-10-14(11-13-15)23(30)24-22(16-6-3-4-8-18(16)33-24)29-26(31)25-21(28)20-17(27)7-5-9-19(20)34-25/h3-13H,2H2,1H3,(H,29,31). The van der Waals surface area contributed by atoms with Crippen LogP contribution in [0.1, 0.15) is 32.7 Å². The highest BCUT2D eigenvalue weighted by atomic mass is 35.5. The van der Waals surface area contributed by atoms with Gasteiger partial charge in [-0.05, 0) is 55.5 Å². The minimum atomic E-state index is -0.449. The lowest BCUT2D eigenvalue weighted by molar-refractivity contribution is 0.101. The zero-order valence-electron chi connectivity index (χ0n) is 17.9. The van der Waals surface area contributed by atoms with E-state index in [2.05, 4.69) is 5.32 Å². The van der Waals surface area contributed by atoms with E-state index in [0.29, 0.717) is 49.9 Å². The van der Waals surface area contributed by atoms with Gasteiger partial charge in [-0.15, -0.1) is 11.3 Å². The molecule has 8 heteroatoms. The van der Waals surface area contributed by atoms with E-state index >= 15 is 0 Å². The van der Waals surface area contributed by atoms with Crippen molar-refractivity contribution >= 4 is 73.0 Å². The fourth-order valence-corrected chi connectivity index (χ4v) is 5.57.